The number of hydrogen-bond acceptors (Lipinski definition) is 4. The molecule has 0 unspecified atom stereocenters. The molecule has 6 nitrogen and oxygen atoms in total. The molecular weight excluding hydrogens is 309 g/mol. The minimum absolute atomic E-state index is 0.0146. The summed E-state index contributed by atoms with van der Waals surface area (Å²) in [6.07, 6.45) is 0. The highest BCUT2D eigenvalue weighted by Crippen LogP contribution is 2.13. The van der Waals surface area contributed by atoms with Gasteiger partial charge >= 0.3 is 0 Å². The smallest absolute Gasteiger partial charge is 0.295 e. The van der Waals surface area contributed by atoms with Crippen molar-refractivity contribution >= 4 is 11.6 Å². The van der Waals surface area contributed by atoms with Crippen molar-refractivity contribution in [2.75, 3.05) is 5.32 Å². The Kier molecular flexibility index (Phi) is 4.03. The van der Waals surface area contributed by atoms with E-state index in [0.717, 1.165) is 0 Å². The first-order valence-electron chi connectivity index (χ1n) is 7.08. The van der Waals surface area contributed by atoms with E-state index in [-0.39, 0.29) is 11.6 Å². The van der Waals surface area contributed by atoms with Gasteiger partial charge in [-0.2, -0.15) is 5.26 Å². The number of anilines is 1. The Morgan fingerprint density at radius 3 is 2.71 bits per heavy atom. The maximum Gasteiger partial charge on any atom is 0.295 e. The number of nitrogens with zero attached hydrogens (tertiary/aromatic N) is 4. The lowest BCUT2D eigenvalue weighted by Crippen LogP contribution is -2.14. The lowest BCUT2D eigenvalue weighted by molar-refractivity contribution is 0.101. The predicted molar refractivity (Wildman–Crippen MR) is 85.2 cm³/mol. The van der Waals surface area contributed by atoms with Gasteiger partial charge in [0.05, 0.1) is 17.3 Å². The number of nitrogens with one attached hydrogen (secondary N) is 1. The van der Waals surface area contributed by atoms with E-state index >= 15 is 0 Å². The quantitative estimate of drug-likeness (QED) is 0.804. The van der Waals surface area contributed by atoms with Crippen molar-refractivity contribution < 1.29 is 9.18 Å². The highest BCUT2D eigenvalue weighted by Gasteiger charge is 2.15. The topological polar surface area (TPSA) is 83.6 Å². The Hall–Kier alpha value is -3.53. The van der Waals surface area contributed by atoms with Crippen molar-refractivity contribution in [1.82, 2.24) is 14.8 Å². The van der Waals surface area contributed by atoms with E-state index in [1.54, 1.807) is 43.3 Å². The van der Waals surface area contributed by atoms with Gasteiger partial charge in [0.25, 0.3) is 5.91 Å². The molecule has 0 saturated carbocycles. The number of halogens is 1. The molecule has 0 fully saturated rings. The van der Waals surface area contributed by atoms with Crippen molar-refractivity contribution in [3.05, 3.63) is 71.6 Å². The van der Waals surface area contributed by atoms with Crippen LogP contribution in [0.3, 0.4) is 0 Å². The van der Waals surface area contributed by atoms with Gasteiger partial charge < -0.3 is 5.32 Å². The number of amides is 1. The Morgan fingerprint density at radius 2 is 2.00 bits per heavy atom. The van der Waals surface area contributed by atoms with Gasteiger partial charge in [0.15, 0.2) is 0 Å². The van der Waals surface area contributed by atoms with E-state index in [1.807, 2.05) is 6.07 Å². The molecule has 0 bridgehead atoms. The van der Waals surface area contributed by atoms with Crippen LogP contribution in [0.25, 0.3) is 5.69 Å². The monoisotopic (exact) mass is 321 g/mol. The summed E-state index contributed by atoms with van der Waals surface area (Å²) in [6, 6.07) is 14.3. The zero-order valence-electron chi connectivity index (χ0n) is 12.7. The molecule has 24 heavy (non-hydrogen) atoms. The van der Waals surface area contributed by atoms with E-state index in [9.17, 15) is 9.18 Å². The summed E-state index contributed by atoms with van der Waals surface area (Å²) in [5.74, 6) is -0.363. The average molecular weight is 321 g/mol. The van der Waals surface area contributed by atoms with E-state index < -0.39 is 5.91 Å². The van der Waals surface area contributed by atoms with Gasteiger partial charge in [-0.05, 0) is 49.4 Å². The second-order valence-corrected chi connectivity index (χ2v) is 5.02. The Balaban J connectivity index is 1.85. The van der Waals surface area contributed by atoms with Gasteiger partial charge in [0.1, 0.15) is 11.6 Å². The summed E-state index contributed by atoms with van der Waals surface area (Å²) < 4.78 is 14.5. The first-order valence-corrected chi connectivity index (χ1v) is 7.08. The van der Waals surface area contributed by atoms with Crippen LogP contribution in [0.5, 0.6) is 0 Å². The third-order valence-corrected chi connectivity index (χ3v) is 3.29. The fourth-order valence-electron chi connectivity index (χ4n) is 2.17. The van der Waals surface area contributed by atoms with Gasteiger partial charge in [-0.15, -0.1) is 5.10 Å². The highest BCUT2D eigenvalue weighted by atomic mass is 19.1. The first kappa shape index (κ1) is 15.4. The molecule has 1 heterocycles. The summed E-state index contributed by atoms with van der Waals surface area (Å²) >= 11 is 0. The largest absolute Gasteiger partial charge is 0.319 e. The average Bonchev–Trinajstić information content (AvgIpc) is 2.98. The number of hydrogen-bond donors (Lipinski definition) is 1. The van der Waals surface area contributed by atoms with Crippen LogP contribution in [-0.2, 0) is 0 Å². The van der Waals surface area contributed by atoms with Crippen molar-refractivity contribution in [2.45, 2.75) is 6.92 Å². The van der Waals surface area contributed by atoms with Crippen LogP contribution in [0.4, 0.5) is 10.1 Å². The van der Waals surface area contributed by atoms with Crippen LogP contribution in [-0.4, -0.2) is 20.7 Å². The lowest BCUT2D eigenvalue weighted by atomic mass is 10.2. The highest BCUT2D eigenvalue weighted by molar-refractivity contribution is 6.01. The fraction of sp³-hybridized carbons (Fsp3) is 0.0588. The summed E-state index contributed by atoms with van der Waals surface area (Å²) in [7, 11) is 0. The number of carbonyl (C=O) groups excluding carboxylic acids is 1. The maximum atomic E-state index is 13.0. The van der Waals surface area contributed by atoms with Crippen LogP contribution in [0.1, 0.15) is 22.0 Å². The molecule has 0 aliphatic rings. The molecule has 0 aliphatic carbocycles. The van der Waals surface area contributed by atoms with Gasteiger partial charge in [-0.25, -0.2) is 14.1 Å². The van der Waals surface area contributed by atoms with Gasteiger partial charge in [0, 0.05) is 5.69 Å². The second kappa shape index (κ2) is 6.30. The predicted octanol–water partition coefficient (Wildman–Crippen LogP) is 2.84. The van der Waals surface area contributed by atoms with Crippen LogP contribution in [0.2, 0.25) is 0 Å². The van der Waals surface area contributed by atoms with Gasteiger partial charge in [0.2, 0.25) is 5.82 Å². The molecule has 7 heteroatoms. The lowest BCUT2D eigenvalue weighted by Gasteiger charge is -2.03. The van der Waals surface area contributed by atoms with Gasteiger partial charge in [-0.3, -0.25) is 4.79 Å². The normalized spacial score (nSPS) is 10.2. The molecule has 3 aromatic rings. The molecule has 1 aromatic heterocycles. The number of rotatable bonds is 3. The number of aromatic nitrogens is 3. The van der Waals surface area contributed by atoms with E-state index in [1.165, 1.54) is 16.8 Å². The minimum Gasteiger partial charge on any atom is -0.319 e. The van der Waals surface area contributed by atoms with Crippen molar-refractivity contribution in [3.63, 3.8) is 0 Å². The molecule has 0 spiro atoms. The zero-order chi connectivity index (χ0) is 17.1. The summed E-state index contributed by atoms with van der Waals surface area (Å²) in [5, 5.41) is 15.7. The van der Waals surface area contributed by atoms with E-state index in [4.69, 9.17) is 5.26 Å². The number of benzene rings is 2. The standard InChI is InChI=1S/C17H12FN5O/c1-11-20-16(22-23(11)15-7-5-13(18)6-8-15)17(24)21-14-4-2-3-12(9-14)10-19/h2-9H,1H3,(H,21,24). The number of aryl methyl sites for hydroxylation is 1. The van der Waals surface area contributed by atoms with Crippen LogP contribution >= 0.6 is 0 Å². The van der Waals surface area contributed by atoms with Crippen LogP contribution < -0.4 is 5.32 Å². The van der Waals surface area contributed by atoms with E-state index in [0.29, 0.717) is 22.8 Å². The molecule has 0 atom stereocenters. The van der Waals surface area contributed by atoms with Gasteiger partial charge in [-0.1, -0.05) is 6.07 Å². The molecular formula is C17H12FN5O. The SMILES string of the molecule is Cc1nc(C(=O)Nc2cccc(C#N)c2)nn1-c1ccc(F)cc1. The van der Waals surface area contributed by atoms with E-state index in [2.05, 4.69) is 15.4 Å². The maximum absolute atomic E-state index is 13.0. The van der Waals surface area contributed by atoms with Crippen molar-refractivity contribution in [1.29, 1.82) is 5.26 Å². The third-order valence-electron chi connectivity index (χ3n) is 3.29. The molecule has 0 saturated heterocycles. The fourth-order valence-corrected chi connectivity index (χ4v) is 2.17. The molecule has 1 amide bonds. The molecule has 2 aromatic carbocycles. The van der Waals surface area contributed by atoms with Crippen LogP contribution in [0, 0.1) is 24.1 Å². The summed E-state index contributed by atoms with van der Waals surface area (Å²) in [6.45, 7) is 1.70. The van der Waals surface area contributed by atoms with Crippen molar-refractivity contribution in [3.8, 4) is 11.8 Å². The second-order valence-electron chi connectivity index (χ2n) is 5.02. The molecule has 3 rings (SSSR count). The molecule has 0 aliphatic heterocycles. The number of nitriles is 1. The first-order chi connectivity index (χ1) is 11.6. The zero-order valence-corrected chi connectivity index (χ0v) is 12.7. The Morgan fingerprint density at radius 1 is 1.25 bits per heavy atom. The summed E-state index contributed by atoms with van der Waals surface area (Å²) in [5.41, 5.74) is 1.52. The minimum atomic E-state index is -0.492. The summed E-state index contributed by atoms with van der Waals surface area (Å²) in [4.78, 5) is 16.4. The molecule has 1 N–H and O–H groups in total. The number of carbonyl (C=O) groups is 1. The Bertz CT molecular complexity index is 940. The third kappa shape index (κ3) is 3.13. The van der Waals surface area contributed by atoms with Crippen molar-refractivity contribution in [2.24, 2.45) is 0 Å². The molecule has 118 valence electrons. The molecule has 0 radical (unpaired) electrons. The Labute approximate surface area is 137 Å². The van der Waals surface area contributed by atoms with Crippen LogP contribution in [0.15, 0.2) is 48.5 Å².